The number of esters is 1. The number of rotatable bonds is 5. The van der Waals surface area contributed by atoms with Gasteiger partial charge in [0.15, 0.2) is 11.9 Å². The van der Waals surface area contributed by atoms with Crippen molar-refractivity contribution in [2.24, 2.45) is 0 Å². The molecule has 20 heavy (non-hydrogen) atoms. The van der Waals surface area contributed by atoms with Gasteiger partial charge in [-0.05, 0) is 19.4 Å². The Hall–Kier alpha value is -1.69. The quantitative estimate of drug-likeness (QED) is 0.819. The van der Waals surface area contributed by atoms with Gasteiger partial charge in [0.25, 0.3) is 0 Å². The maximum atomic E-state index is 11.5. The molecule has 0 amide bonds. The van der Waals surface area contributed by atoms with E-state index in [1.54, 1.807) is 6.20 Å². The molecular weight excluding hydrogens is 256 g/mol. The van der Waals surface area contributed by atoms with E-state index in [0.29, 0.717) is 12.2 Å². The summed E-state index contributed by atoms with van der Waals surface area (Å²) >= 11 is 0. The van der Waals surface area contributed by atoms with Crippen molar-refractivity contribution in [3.05, 3.63) is 18.1 Å². The van der Waals surface area contributed by atoms with Crippen LogP contribution in [0.3, 0.4) is 0 Å². The van der Waals surface area contributed by atoms with Crippen LogP contribution in [0.5, 0.6) is 0 Å². The predicted molar refractivity (Wildman–Crippen MR) is 76.5 cm³/mol. The average Bonchev–Trinajstić information content (AvgIpc) is 2.48. The van der Waals surface area contributed by atoms with Crippen molar-refractivity contribution in [2.75, 3.05) is 31.1 Å². The van der Waals surface area contributed by atoms with Crippen LogP contribution in [0, 0.1) is 0 Å². The summed E-state index contributed by atoms with van der Waals surface area (Å²) in [6, 6.07) is 1.90. The highest BCUT2D eigenvalue weighted by molar-refractivity contribution is 5.69. The van der Waals surface area contributed by atoms with Gasteiger partial charge in [0, 0.05) is 38.8 Å². The highest BCUT2D eigenvalue weighted by Gasteiger charge is 2.17. The number of hydrogen-bond donors (Lipinski definition) is 1. The van der Waals surface area contributed by atoms with Gasteiger partial charge in [-0.25, -0.2) is 9.97 Å². The number of nitrogens with zero attached hydrogens (tertiary/aromatic N) is 3. The molecule has 0 aromatic carbocycles. The Bertz CT molecular complexity index is 447. The lowest BCUT2D eigenvalue weighted by molar-refractivity contribution is -0.149. The minimum atomic E-state index is -0.406. The third kappa shape index (κ3) is 3.90. The second kappa shape index (κ2) is 7.19. The highest BCUT2D eigenvalue weighted by Crippen LogP contribution is 2.17. The topological polar surface area (TPSA) is 67.3 Å². The van der Waals surface area contributed by atoms with E-state index in [0.717, 1.165) is 38.4 Å². The first-order valence-corrected chi connectivity index (χ1v) is 7.18. The minimum Gasteiger partial charge on any atom is -0.454 e. The maximum absolute atomic E-state index is 11.5. The Morgan fingerprint density at radius 2 is 2.25 bits per heavy atom. The van der Waals surface area contributed by atoms with Crippen molar-refractivity contribution in [3.63, 3.8) is 0 Å². The molecular formula is C14H22N4O2. The van der Waals surface area contributed by atoms with Crippen molar-refractivity contribution >= 4 is 11.8 Å². The van der Waals surface area contributed by atoms with Gasteiger partial charge in [-0.15, -0.1) is 0 Å². The number of carbonyl (C=O) groups excluding carboxylic acids is 1. The summed E-state index contributed by atoms with van der Waals surface area (Å²) in [5.74, 6) is 1.26. The second-order valence-electron chi connectivity index (χ2n) is 4.89. The Balaban J connectivity index is 2.02. The molecule has 110 valence electrons. The molecule has 1 aromatic heterocycles. The Kier molecular flexibility index (Phi) is 5.29. The van der Waals surface area contributed by atoms with Crippen LogP contribution in [0.4, 0.5) is 5.82 Å². The van der Waals surface area contributed by atoms with E-state index in [-0.39, 0.29) is 5.97 Å². The van der Waals surface area contributed by atoms with Crippen LogP contribution in [-0.4, -0.2) is 42.1 Å². The lowest BCUT2D eigenvalue weighted by Crippen LogP contribution is -2.44. The minimum absolute atomic E-state index is 0.198. The molecule has 1 fully saturated rings. The van der Waals surface area contributed by atoms with Gasteiger partial charge in [-0.2, -0.15) is 0 Å². The van der Waals surface area contributed by atoms with E-state index in [2.05, 4.69) is 20.2 Å². The van der Waals surface area contributed by atoms with Crippen molar-refractivity contribution in [2.45, 2.75) is 32.8 Å². The first-order chi connectivity index (χ1) is 9.70. The standard InChI is InChI=1S/C14H22N4O2/c1-3-4-13(19)20-11(2)14-16-6-5-12(17-14)18-9-7-15-8-10-18/h5-6,11,15H,3-4,7-10H2,1-2H3/t11-/m0/s1. The van der Waals surface area contributed by atoms with Crippen LogP contribution < -0.4 is 10.2 Å². The fourth-order valence-electron chi connectivity index (χ4n) is 2.14. The summed E-state index contributed by atoms with van der Waals surface area (Å²) in [5, 5.41) is 3.31. The third-order valence-electron chi connectivity index (χ3n) is 3.23. The van der Waals surface area contributed by atoms with Crippen molar-refractivity contribution in [1.82, 2.24) is 15.3 Å². The molecule has 0 spiro atoms. The number of ether oxygens (including phenoxy) is 1. The van der Waals surface area contributed by atoms with Crippen LogP contribution in [0.2, 0.25) is 0 Å². The summed E-state index contributed by atoms with van der Waals surface area (Å²) in [7, 11) is 0. The summed E-state index contributed by atoms with van der Waals surface area (Å²) in [6.45, 7) is 7.54. The zero-order valence-electron chi connectivity index (χ0n) is 12.1. The van der Waals surface area contributed by atoms with E-state index in [1.165, 1.54) is 0 Å². The van der Waals surface area contributed by atoms with E-state index in [9.17, 15) is 4.79 Å². The molecule has 6 heteroatoms. The molecule has 2 heterocycles. The first kappa shape index (κ1) is 14.7. The second-order valence-corrected chi connectivity index (χ2v) is 4.89. The normalized spacial score (nSPS) is 16.8. The van der Waals surface area contributed by atoms with Crippen molar-refractivity contribution < 1.29 is 9.53 Å². The van der Waals surface area contributed by atoms with Crippen molar-refractivity contribution in [1.29, 1.82) is 0 Å². The van der Waals surface area contributed by atoms with Gasteiger partial charge in [0.1, 0.15) is 5.82 Å². The Morgan fingerprint density at radius 1 is 1.50 bits per heavy atom. The number of nitrogens with one attached hydrogen (secondary N) is 1. The van der Waals surface area contributed by atoms with Crippen molar-refractivity contribution in [3.8, 4) is 0 Å². The lowest BCUT2D eigenvalue weighted by atomic mass is 10.3. The SMILES string of the molecule is CCCC(=O)O[C@@H](C)c1nccc(N2CCNCC2)n1. The van der Waals surface area contributed by atoms with Gasteiger partial charge < -0.3 is 15.0 Å². The zero-order valence-corrected chi connectivity index (χ0v) is 12.1. The number of anilines is 1. The third-order valence-corrected chi connectivity index (χ3v) is 3.23. The molecule has 2 rings (SSSR count). The van der Waals surface area contributed by atoms with Crippen LogP contribution in [0.1, 0.15) is 38.6 Å². The largest absolute Gasteiger partial charge is 0.454 e. The summed E-state index contributed by atoms with van der Waals surface area (Å²) < 4.78 is 5.32. The molecule has 0 radical (unpaired) electrons. The van der Waals surface area contributed by atoms with Crippen LogP contribution in [0.15, 0.2) is 12.3 Å². The fourth-order valence-corrected chi connectivity index (χ4v) is 2.14. The van der Waals surface area contributed by atoms with E-state index in [1.807, 2.05) is 19.9 Å². The molecule has 1 aliphatic rings. The molecule has 0 aliphatic carbocycles. The summed E-state index contributed by atoms with van der Waals surface area (Å²) in [6.07, 6.45) is 2.54. The number of carbonyl (C=O) groups is 1. The molecule has 1 atom stereocenters. The first-order valence-electron chi connectivity index (χ1n) is 7.18. The van der Waals surface area contributed by atoms with Crippen LogP contribution >= 0.6 is 0 Å². The van der Waals surface area contributed by atoms with Crippen LogP contribution in [-0.2, 0) is 9.53 Å². The van der Waals surface area contributed by atoms with E-state index in [4.69, 9.17) is 4.74 Å². The Labute approximate surface area is 119 Å². The molecule has 0 saturated carbocycles. The molecule has 1 aliphatic heterocycles. The highest BCUT2D eigenvalue weighted by atomic mass is 16.5. The molecule has 1 aromatic rings. The molecule has 0 unspecified atom stereocenters. The van der Waals surface area contributed by atoms with Gasteiger partial charge in [0.05, 0.1) is 0 Å². The van der Waals surface area contributed by atoms with Gasteiger partial charge in [-0.1, -0.05) is 6.92 Å². The van der Waals surface area contributed by atoms with Crippen LogP contribution in [0.25, 0.3) is 0 Å². The molecule has 6 nitrogen and oxygen atoms in total. The molecule has 1 saturated heterocycles. The average molecular weight is 278 g/mol. The molecule has 1 N–H and O–H groups in total. The van der Waals surface area contributed by atoms with E-state index >= 15 is 0 Å². The number of hydrogen-bond acceptors (Lipinski definition) is 6. The van der Waals surface area contributed by atoms with E-state index < -0.39 is 6.10 Å². The number of aromatic nitrogens is 2. The monoisotopic (exact) mass is 278 g/mol. The van der Waals surface area contributed by atoms with Gasteiger partial charge >= 0.3 is 5.97 Å². The zero-order chi connectivity index (χ0) is 14.4. The van der Waals surface area contributed by atoms with Gasteiger partial charge in [0.2, 0.25) is 0 Å². The summed E-state index contributed by atoms with van der Waals surface area (Å²) in [5.41, 5.74) is 0. The number of piperazine rings is 1. The maximum Gasteiger partial charge on any atom is 0.306 e. The van der Waals surface area contributed by atoms with Gasteiger partial charge in [-0.3, -0.25) is 4.79 Å². The fraction of sp³-hybridized carbons (Fsp3) is 0.643. The summed E-state index contributed by atoms with van der Waals surface area (Å²) in [4.78, 5) is 22.5. The lowest BCUT2D eigenvalue weighted by Gasteiger charge is -2.28. The smallest absolute Gasteiger partial charge is 0.306 e. The Morgan fingerprint density at radius 3 is 2.95 bits per heavy atom. The predicted octanol–water partition coefficient (Wildman–Crippen LogP) is 1.29. The molecule has 0 bridgehead atoms.